The van der Waals surface area contributed by atoms with Crippen molar-refractivity contribution in [2.45, 2.75) is 25.9 Å². The molecule has 12 heteroatoms. The summed E-state index contributed by atoms with van der Waals surface area (Å²) in [6, 6.07) is 4.22. The molecule has 1 saturated heterocycles. The van der Waals surface area contributed by atoms with Gasteiger partial charge in [0.15, 0.2) is 0 Å². The Balaban J connectivity index is 1.67. The molecule has 0 aromatic heterocycles. The third-order valence-electron chi connectivity index (χ3n) is 5.83. The van der Waals surface area contributed by atoms with Crippen LogP contribution >= 0.6 is 0 Å². The van der Waals surface area contributed by atoms with Crippen molar-refractivity contribution in [3.63, 3.8) is 0 Å². The molecule has 0 N–H and O–H groups in total. The number of benzene rings is 1. The topological polar surface area (TPSA) is 102 Å². The molecule has 33 heavy (non-hydrogen) atoms. The van der Waals surface area contributed by atoms with Gasteiger partial charge in [-0.3, -0.25) is 9.59 Å². The van der Waals surface area contributed by atoms with Crippen LogP contribution in [0.1, 0.15) is 30.9 Å². The van der Waals surface area contributed by atoms with Crippen LogP contribution in [0, 0.1) is 11.3 Å². The lowest BCUT2D eigenvalue weighted by molar-refractivity contribution is -0.138. The van der Waals surface area contributed by atoms with Crippen molar-refractivity contribution in [2.75, 3.05) is 43.9 Å². The van der Waals surface area contributed by atoms with Crippen LogP contribution in [0.5, 0.6) is 0 Å². The van der Waals surface area contributed by atoms with Gasteiger partial charge in [-0.15, -0.1) is 0 Å². The molecule has 2 aliphatic rings. The van der Waals surface area contributed by atoms with Crippen LogP contribution in [0.4, 0.5) is 18.9 Å². The maximum absolute atomic E-state index is 13.3. The first-order chi connectivity index (χ1) is 15.3. The van der Waals surface area contributed by atoms with E-state index in [1.54, 1.807) is 0 Å². The van der Waals surface area contributed by atoms with Gasteiger partial charge in [0.25, 0.3) is 11.8 Å². The number of piperazine rings is 1. The van der Waals surface area contributed by atoms with Crippen LogP contribution in [0.15, 0.2) is 29.3 Å². The molecule has 0 radical (unpaired) electrons. The molecule has 2 amide bonds. The molecule has 3 rings (SSSR count). The number of imide groups is 1. The van der Waals surface area contributed by atoms with E-state index in [4.69, 9.17) is 5.26 Å². The Morgan fingerprint density at radius 3 is 2.27 bits per heavy atom. The SMILES string of the molecule is CC1=C(CCCN2CCN(S(C)(=O)=O)CC2)C(=O)N(c2ccc(C#N)c(C(F)(F)F)c2)C1=O. The van der Waals surface area contributed by atoms with Gasteiger partial charge < -0.3 is 4.90 Å². The number of carbonyl (C=O) groups excluding carboxylic acids is 2. The third-order valence-corrected chi connectivity index (χ3v) is 7.13. The quantitative estimate of drug-likeness (QED) is 0.574. The Bertz CT molecular complexity index is 1150. The van der Waals surface area contributed by atoms with Crippen molar-refractivity contribution in [1.29, 1.82) is 5.26 Å². The Kier molecular flexibility index (Phi) is 6.97. The number of sulfonamides is 1. The third kappa shape index (κ3) is 5.26. The largest absolute Gasteiger partial charge is 0.417 e. The summed E-state index contributed by atoms with van der Waals surface area (Å²) in [5, 5.41) is 8.94. The first-order valence-corrected chi connectivity index (χ1v) is 12.1. The minimum Gasteiger partial charge on any atom is -0.301 e. The van der Waals surface area contributed by atoms with Crippen LogP contribution in [-0.2, 0) is 25.8 Å². The van der Waals surface area contributed by atoms with Gasteiger partial charge >= 0.3 is 6.18 Å². The van der Waals surface area contributed by atoms with Crippen molar-refractivity contribution >= 4 is 27.5 Å². The lowest BCUT2D eigenvalue weighted by atomic mass is 10.1. The van der Waals surface area contributed by atoms with Crippen LogP contribution in [-0.4, -0.2) is 68.4 Å². The second-order valence-corrected chi connectivity index (χ2v) is 9.98. The monoisotopic (exact) mass is 484 g/mol. The fourth-order valence-electron chi connectivity index (χ4n) is 3.98. The van der Waals surface area contributed by atoms with Gasteiger partial charge in [0.05, 0.1) is 29.1 Å². The Morgan fingerprint density at radius 1 is 1.09 bits per heavy atom. The standard InChI is InChI=1S/C21H23F3N4O4S/c1-14-17(4-3-7-26-8-10-27(11-9-26)33(2,31)32)20(30)28(19(14)29)16-6-5-15(13-25)18(12-16)21(22,23)24/h5-6,12H,3-4,7-11H2,1-2H3. The number of carbonyl (C=O) groups is 2. The molecular formula is C21H23F3N4O4S. The summed E-state index contributed by atoms with van der Waals surface area (Å²) in [5.41, 5.74) is -1.61. The van der Waals surface area contributed by atoms with E-state index in [9.17, 15) is 31.2 Å². The first-order valence-electron chi connectivity index (χ1n) is 10.2. The van der Waals surface area contributed by atoms with Gasteiger partial charge in [0, 0.05) is 37.3 Å². The summed E-state index contributed by atoms with van der Waals surface area (Å²) >= 11 is 0. The molecule has 0 aliphatic carbocycles. The van der Waals surface area contributed by atoms with E-state index in [0.717, 1.165) is 18.4 Å². The fraction of sp³-hybridized carbons (Fsp3) is 0.476. The van der Waals surface area contributed by atoms with Gasteiger partial charge in [0.2, 0.25) is 10.0 Å². The Morgan fingerprint density at radius 2 is 1.73 bits per heavy atom. The summed E-state index contributed by atoms with van der Waals surface area (Å²) in [7, 11) is -3.23. The Labute approximate surface area is 189 Å². The molecule has 1 aromatic rings. The molecule has 0 bridgehead atoms. The number of hydrogen-bond donors (Lipinski definition) is 0. The van der Waals surface area contributed by atoms with E-state index >= 15 is 0 Å². The van der Waals surface area contributed by atoms with Crippen LogP contribution < -0.4 is 4.90 Å². The van der Waals surface area contributed by atoms with Gasteiger partial charge in [0.1, 0.15) is 0 Å². The minimum absolute atomic E-state index is 0.180. The number of rotatable bonds is 6. The molecule has 1 aromatic carbocycles. The van der Waals surface area contributed by atoms with Crippen molar-refractivity contribution in [3.05, 3.63) is 40.5 Å². The lowest BCUT2D eigenvalue weighted by Gasteiger charge is -2.33. The van der Waals surface area contributed by atoms with Crippen LogP contribution in [0.2, 0.25) is 0 Å². The van der Waals surface area contributed by atoms with Crippen LogP contribution in [0.25, 0.3) is 0 Å². The highest BCUT2D eigenvalue weighted by Gasteiger charge is 2.39. The average Bonchev–Trinajstić information content (AvgIpc) is 2.95. The van der Waals surface area contributed by atoms with E-state index in [0.29, 0.717) is 50.1 Å². The zero-order chi connectivity index (χ0) is 24.6. The predicted octanol–water partition coefficient (Wildman–Crippen LogP) is 2.12. The van der Waals surface area contributed by atoms with Crippen molar-refractivity contribution in [3.8, 4) is 6.07 Å². The second kappa shape index (κ2) is 9.24. The molecular weight excluding hydrogens is 461 g/mol. The highest BCUT2D eigenvalue weighted by Crippen LogP contribution is 2.36. The maximum atomic E-state index is 13.3. The van der Waals surface area contributed by atoms with Gasteiger partial charge in [-0.1, -0.05) is 0 Å². The Hall–Kier alpha value is -2.75. The number of nitriles is 1. The van der Waals surface area contributed by atoms with Crippen LogP contribution in [0.3, 0.4) is 0 Å². The maximum Gasteiger partial charge on any atom is 0.417 e. The smallest absolute Gasteiger partial charge is 0.301 e. The molecule has 0 spiro atoms. The second-order valence-electron chi connectivity index (χ2n) is 8.00. The van der Waals surface area contributed by atoms with Crippen molar-refractivity contribution in [2.24, 2.45) is 0 Å². The van der Waals surface area contributed by atoms with E-state index in [2.05, 4.69) is 4.90 Å². The number of alkyl halides is 3. The molecule has 0 saturated carbocycles. The number of halogens is 3. The van der Waals surface area contributed by atoms with Gasteiger partial charge in [-0.25, -0.2) is 13.3 Å². The van der Waals surface area contributed by atoms with Gasteiger partial charge in [-0.2, -0.15) is 22.7 Å². The molecule has 8 nitrogen and oxygen atoms in total. The van der Waals surface area contributed by atoms with Gasteiger partial charge in [-0.05, 0) is 44.5 Å². The highest BCUT2D eigenvalue weighted by atomic mass is 32.2. The summed E-state index contributed by atoms with van der Waals surface area (Å²) in [6.45, 7) is 3.92. The van der Waals surface area contributed by atoms with E-state index in [1.165, 1.54) is 17.3 Å². The fourth-order valence-corrected chi connectivity index (χ4v) is 4.81. The molecule has 0 unspecified atom stereocenters. The normalized spacial score (nSPS) is 18.8. The highest BCUT2D eigenvalue weighted by molar-refractivity contribution is 7.88. The summed E-state index contributed by atoms with van der Waals surface area (Å²) in [4.78, 5) is 28.3. The zero-order valence-electron chi connectivity index (χ0n) is 18.1. The summed E-state index contributed by atoms with van der Waals surface area (Å²) in [6.07, 6.45) is -2.85. The van der Waals surface area contributed by atoms with E-state index < -0.39 is 39.1 Å². The molecule has 2 heterocycles. The molecule has 2 aliphatic heterocycles. The average molecular weight is 485 g/mol. The van der Waals surface area contributed by atoms with Crippen molar-refractivity contribution in [1.82, 2.24) is 9.21 Å². The molecule has 0 atom stereocenters. The first kappa shape index (κ1) is 24.9. The summed E-state index contributed by atoms with van der Waals surface area (Å²) in [5.74, 6) is -1.35. The number of anilines is 1. The number of amides is 2. The number of nitrogens with zero attached hydrogens (tertiary/aromatic N) is 4. The zero-order valence-corrected chi connectivity index (χ0v) is 19.0. The predicted molar refractivity (Wildman–Crippen MR) is 113 cm³/mol. The number of hydrogen-bond acceptors (Lipinski definition) is 6. The van der Waals surface area contributed by atoms with E-state index in [1.807, 2.05) is 0 Å². The van der Waals surface area contributed by atoms with Crippen molar-refractivity contribution < 1.29 is 31.2 Å². The minimum atomic E-state index is -4.81. The molecule has 1 fully saturated rings. The summed E-state index contributed by atoms with van der Waals surface area (Å²) < 4.78 is 64.5. The molecule has 178 valence electrons. The van der Waals surface area contributed by atoms with E-state index in [-0.39, 0.29) is 23.3 Å². The lowest BCUT2D eigenvalue weighted by Crippen LogP contribution is -2.48.